The minimum atomic E-state index is 0.931. The Morgan fingerprint density at radius 1 is 0.600 bits per heavy atom. The molecule has 0 aromatic carbocycles. The second kappa shape index (κ2) is 29.2. The highest BCUT2D eigenvalue weighted by Crippen LogP contribution is 2.16. The number of hydrogen-bond acceptors (Lipinski definition) is 0. The van der Waals surface area contributed by atoms with Crippen molar-refractivity contribution in [2.75, 3.05) is 0 Å². The van der Waals surface area contributed by atoms with Crippen molar-refractivity contribution in [1.29, 1.82) is 0 Å². The van der Waals surface area contributed by atoms with Gasteiger partial charge in [0.15, 0.2) is 0 Å². The molecule has 15 heavy (non-hydrogen) atoms. The third-order valence-corrected chi connectivity index (χ3v) is 2.20. The van der Waals surface area contributed by atoms with Gasteiger partial charge in [0.1, 0.15) is 0 Å². The van der Waals surface area contributed by atoms with Crippen LogP contribution in [0.4, 0.5) is 0 Å². The van der Waals surface area contributed by atoms with Gasteiger partial charge in [-0.25, -0.2) is 0 Å². The lowest BCUT2D eigenvalue weighted by Crippen LogP contribution is -2.00. The molecule has 0 aliphatic rings. The fourth-order valence-corrected chi connectivity index (χ4v) is 1.02. The Kier molecular flexibility index (Phi) is 47.3. The Morgan fingerprint density at radius 3 is 0.933 bits per heavy atom. The smallest absolute Gasteiger partial charge is 0.0443 e. The van der Waals surface area contributed by atoms with Crippen LogP contribution >= 0.6 is 0 Å². The summed E-state index contributed by atoms with van der Waals surface area (Å²) in [7, 11) is 0. The zero-order valence-electron chi connectivity index (χ0n) is 13.3. The van der Waals surface area contributed by atoms with Gasteiger partial charge in [0.2, 0.25) is 0 Å². The van der Waals surface area contributed by atoms with Crippen LogP contribution in [0.3, 0.4) is 0 Å². The predicted octanol–water partition coefficient (Wildman–Crippen LogP) is 6.55. The minimum Gasteiger partial charge on any atom is -0.0683 e. The Balaban J connectivity index is -0.0000000860. The van der Waals surface area contributed by atoms with Crippen LogP contribution in [0.1, 0.15) is 88.5 Å². The van der Waals surface area contributed by atoms with Crippen LogP contribution in [-0.4, -0.2) is 0 Å². The third-order valence-electron chi connectivity index (χ3n) is 2.20. The summed E-state index contributed by atoms with van der Waals surface area (Å²) in [5.74, 6) is 1.86. The first kappa shape index (κ1) is 24.3. The minimum absolute atomic E-state index is 0.931. The SMILES string of the molecule is CC.CC.CC.CCC(C)CC(C)CC. The quantitative estimate of drug-likeness (QED) is 0.502. The molecule has 0 heterocycles. The lowest BCUT2D eigenvalue weighted by molar-refractivity contribution is 0.397. The van der Waals surface area contributed by atoms with Gasteiger partial charge in [-0.15, -0.1) is 0 Å². The summed E-state index contributed by atoms with van der Waals surface area (Å²) in [5, 5.41) is 0. The molecule has 2 atom stereocenters. The summed E-state index contributed by atoms with van der Waals surface area (Å²) < 4.78 is 0. The molecule has 0 aromatic heterocycles. The van der Waals surface area contributed by atoms with Crippen LogP contribution in [0.15, 0.2) is 0 Å². The maximum atomic E-state index is 2.34. The fourth-order valence-electron chi connectivity index (χ4n) is 1.02. The van der Waals surface area contributed by atoms with Gasteiger partial charge in [0.25, 0.3) is 0 Å². The summed E-state index contributed by atoms with van der Waals surface area (Å²) in [6.07, 6.45) is 4.08. The fraction of sp³-hybridized carbons (Fsp3) is 1.00. The topological polar surface area (TPSA) is 0 Å². The van der Waals surface area contributed by atoms with Gasteiger partial charge in [0, 0.05) is 0 Å². The first-order valence-corrected chi connectivity index (χ1v) is 7.20. The molecule has 0 saturated carbocycles. The molecule has 0 N–H and O–H groups in total. The average Bonchev–Trinajstić information content (AvgIpc) is 2.36. The number of rotatable bonds is 4. The highest BCUT2D eigenvalue weighted by molar-refractivity contribution is 4.55. The van der Waals surface area contributed by atoms with Gasteiger partial charge in [-0.2, -0.15) is 0 Å². The third kappa shape index (κ3) is 31.5. The van der Waals surface area contributed by atoms with Crippen molar-refractivity contribution in [3.8, 4) is 0 Å². The average molecular weight is 218 g/mol. The molecule has 0 bridgehead atoms. The van der Waals surface area contributed by atoms with Crippen molar-refractivity contribution in [3.63, 3.8) is 0 Å². The molecule has 0 saturated heterocycles. The molecule has 0 nitrogen and oxygen atoms in total. The first-order chi connectivity index (χ1) is 7.20. The van der Waals surface area contributed by atoms with E-state index in [2.05, 4.69) is 27.7 Å². The lowest BCUT2D eigenvalue weighted by Gasteiger charge is -2.12. The molecule has 0 radical (unpaired) electrons. The van der Waals surface area contributed by atoms with E-state index in [9.17, 15) is 0 Å². The van der Waals surface area contributed by atoms with E-state index >= 15 is 0 Å². The summed E-state index contributed by atoms with van der Waals surface area (Å²) in [4.78, 5) is 0. The summed E-state index contributed by atoms with van der Waals surface area (Å²) >= 11 is 0. The van der Waals surface area contributed by atoms with Crippen LogP contribution in [-0.2, 0) is 0 Å². The Morgan fingerprint density at radius 2 is 0.800 bits per heavy atom. The number of hydrogen-bond donors (Lipinski definition) is 0. The van der Waals surface area contributed by atoms with Gasteiger partial charge in [-0.05, 0) is 18.3 Å². The maximum Gasteiger partial charge on any atom is -0.0443 e. The van der Waals surface area contributed by atoms with Gasteiger partial charge < -0.3 is 0 Å². The lowest BCUT2D eigenvalue weighted by atomic mass is 9.94. The molecule has 2 unspecified atom stereocenters. The zero-order chi connectivity index (χ0) is 13.3. The van der Waals surface area contributed by atoms with Crippen molar-refractivity contribution < 1.29 is 0 Å². The van der Waals surface area contributed by atoms with E-state index in [1.807, 2.05) is 41.5 Å². The highest BCUT2D eigenvalue weighted by Gasteiger charge is 2.03. The van der Waals surface area contributed by atoms with Crippen LogP contribution < -0.4 is 0 Å². The van der Waals surface area contributed by atoms with Crippen LogP contribution in [0.2, 0.25) is 0 Å². The Bertz CT molecular complexity index is 49.1. The van der Waals surface area contributed by atoms with Crippen LogP contribution in [0.5, 0.6) is 0 Å². The molecular formula is C15H38. The largest absolute Gasteiger partial charge is 0.0683 e. The summed E-state index contributed by atoms with van der Waals surface area (Å²) in [5.41, 5.74) is 0. The van der Waals surface area contributed by atoms with E-state index in [0.717, 1.165) is 11.8 Å². The molecule has 0 amide bonds. The van der Waals surface area contributed by atoms with Gasteiger partial charge in [-0.3, -0.25) is 0 Å². The van der Waals surface area contributed by atoms with Crippen molar-refractivity contribution in [2.45, 2.75) is 88.5 Å². The normalized spacial score (nSPS) is 11.6. The van der Waals surface area contributed by atoms with E-state index in [-0.39, 0.29) is 0 Å². The molecule has 98 valence electrons. The highest BCUT2D eigenvalue weighted by atomic mass is 14.1. The maximum absolute atomic E-state index is 2.34. The van der Waals surface area contributed by atoms with E-state index in [4.69, 9.17) is 0 Å². The monoisotopic (exact) mass is 218 g/mol. The van der Waals surface area contributed by atoms with Gasteiger partial charge in [0.05, 0.1) is 0 Å². The van der Waals surface area contributed by atoms with Crippen LogP contribution in [0.25, 0.3) is 0 Å². The first-order valence-electron chi connectivity index (χ1n) is 7.20. The second-order valence-corrected chi connectivity index (χ2v) is 3.26. The molecule has 0 aliphatic carbocycles. The molecule has 0 rings (SSSR count). The van der Waals surface area contributed by atoms with Crippen molar-refractivity contribution in [1.82, 2.24) is 0 Å². The van der Waals surface area contributed by atoms with Crippen molar-refractivity contribution >= 4 is 0 Å². The van der Waals surface area contributed by atoms with Gasteiger partial charge >= 0.3 is 0 Å². The molecule has 0 heteroatoms. The molecule has 0 fully saturated rings. The predicted molar refractivity (Wildman–Crippen MR) is 77.6 cm³/mol. The van der Waals surface area contributed by atoms with E-state index in [1.54, 1.807) is 0 Å². The molecule has 0 aliphatic heterocycles. The van der Waals surface area contributed by atoms with E-state index in [1.165, 1.54) is 19.3 Å². The Hall–Kier alpha value is 0. The van der Waals surface area contributed by atoms with Crippen molar-refractivity contribution in [3.05, 3.63) is 0 Å². The van der Waals surface area contributed by atoms with Crippen molar-refractivity contribution in [2.24, 2.45) is 11.8 Å². The summed E-state index contributed by atoms with van der Waals surface area (Å²) in [6.45, 7) is 21.2. The molecular weight excluding hydrogens is 180 g/mol. The Labute approximate surface area is 101 Å². The molecule has 0 spiro atoms. The van der Waals surface area contributed by atoms with E-state index < -0.39 is 0 Å². The van der Waals surface area contributed by atoms with E-state index in [0.29, 0.717) is 0 Å². The summed E-state index contributed by atoms with van der Waals surface area (Å²) in [6, 6.07) is 0. The second-order valence-electron chi connectivity index (χ2n) is 3.26. The molecule has 0 aromatic rings. The standard InChI is InChI=1S/C9H20.3C2H6/c1-5-8(3)7-9(4)6-2;3*1-2/h8-9H,5-7H2,1-4H3;3*1-2H3. The zero-order valence-corrected chi connectivity index (χ0v) is 13.3. The van der Waals surface area contributed by atoms with Crippen LogP contribution in [0, 0.1) is 11.8 Å². The van der Waals surface area contributed by atoms with Gasteiger partial charge in [-0.1, -0.05) is 82.1 Å².